The molecule has 0 aromatic heterocycles. The molecule has 3 rings (SSSR count). The molecule has 2 aromatic rings. The van der Waals surface area contributed by atoms with E-state index in [2.05, 4.69) is 19.2 Å². The molecule has 1 aliphatic rings. The number of sulfonamides is 1. The maximum Gasteiger partial charge on any atom is 0.246 e. The number of methoxy groups -OCH3 is 1. The number of rotatable bonds is 7. The average Bonchev–Trinajstić information content (AvgIpc) is 2.79. The number of hydrogen-bond acceptors (Lipinski definition) is 4. The van der Waals surface area contributed by atoms with Crippen molar-refractivity contribution in [3.63, 3.8) is 0 Å². The number of benzene rings is 2. The third kappa shape index (κ3) is 4.91. The number of aryl methyl sites for hydroxylation is 2. The van der Waals surface area contributed by atoms with E-state index in [9.17, 15) is 17.6 Å². The van der Waals surface area contributed by atoms with Crippen LogP contribution in [0, 0.1) is 11.7 Å². The summed E-state index contributed by atoms with van der Waals surface area (Å²) in [6.07, 6.45) is 2.43. The summed E-state index contributed by atoms with van der Waals surface area (Å²) in [5.41, 5.74) is 3.05. The van der Waals surface area contributed by atoms with Crippen LogP contribution in [0.3, 0.4) is 0 Å². The van der Waals surface area contributed by atoms with Gasteiger partial charge in [-0.25, -0.2) is 12.8 Å². The molecular formula is C23H29FN2O4S. The molecule has 31 heavy (non-hydrogen) atoms. The summed E-state index contributed by atoms with van der Waals surface area (Å²) in [6, 6.07) is 9.46. The molecule has 0 saturated carbocycles. The number of amides is 1. The number of nitrogens with one attached hydrogen (secondary N) is 1. The summed E-state index contributed by atoms with van der Waals surface area (Å²) in [4.78, 5) is 12.7. The number of ether oxygens (including phenoxy) is 1. The minimum Gasteiger partial charge on any atom is -0.495 e. The van der Waals surface area contributed by atoms with Gasteiger partial charge in [0.05, 0.1) is 7.11 Å². The van der Waals surface area contributed by atoms with Crippen molar-refractivity contribution in [2.24, 2.45) is 5.92 Å². The fraction of sp³-hybridized carbons (Fsp3) is 0.435. The van der Waals surface area contributed by atoms with Gasteiger partial charge in [0.2, 0.25) is 15.9 Å². The quantitative estimate of drug-likeness (QED) is 0.695. The maximum absolute atomic E-state index is 13.7. The lowest BCUT2D eigenvalue weighted by molar-refractivity contribution is -0.120. The Morgan fingerprint density at radius 2 is 1.74 bits per heavy atom. The molecule has 1 N–H and O–H groups in total. The summed E-state index contributed by atoms with van der Waals surface area (Å²) >= 11 is 0. The summed E-state index contributed by atoms with van der Waals surface area (Å²) in [5, 5.41) is 3.09. The van der Waals surface area contributed by atoms with Crippen LogP contribution in [0.5, 0.6) is 5.75 Å². The Balaban J connectivity index is 1.71. The second-order valence-electron chi connectivity index (χ2n) is 7.62. The zero-order chi connectivity index (χ0) is 22.6. The van der Waals surface area contributed by atoms with Gasteiger partial charge in [-0.05, 0) is 55.0 Å². The van der Waals surface area contributed by atoms with E-state index in [0.717, 1.165) is 41.8 Å². The number of para-hydroxylation sites is 1. The molecular weight excluding hydrogens is 419 g/mol. The number of hydrogen-bond donors (Lipinski definition) is 1. The molecule has 8 heteroatoms. The first-order valence-corrected chi connectivity index (χ1v) is 12.0. The van der Waals surface area contributed by atoms with Gasteiger partial charge in [-0.1, -0.05) is 32.0 Å². The lowest BCUT2D eigenvalue weighted by Gasteiger charge is -2.31. The van der Waals surface area contributed by atoms with E-state index < -0.39 is 15.8 Å². The highest BCUT2D eigenvalue weighted by atomic mass is 32.2. The van der Waals surface area contributed by atoms with Gasteiger partial charge in [0, 0.05) is 24.7 Å². The highest BCUT2D eigenvalue weighted by Gasteiger charge is 2.34. The Labute approximate surface area is 183 Å². The van der Waals surface area contributed by atoms with Crippen LogP contribution in [0.1, 0.15) is 37.8 Å². The predicted molar refractivity (Wildman–Crippen MR) is 118 cm³/mol. The SMILES string of the molecule is CCc1cccc(CC)c1NC(=O)C1CCN(S(=O)(=O)c2cc(F)ccc2OC)CC1. The second kappa shape index (κ2) is 9.78. The van der Waals surface area contributed by atoms with Crippen molar-refractivity contribution in [3.05, 3.63) is 53.3 Å². The van der Waals surface area contributed by atoms with Crippen LogP contribution in [0.2, 0.25) is 0 Å². The van der Waals surface area contributed by atoms with Crippen LogP contribution in [0.15, 0.2) is 41.3 Å². The number of halogens is 1. The van der Waals surface area contributed by atoms with E-state index in [-0.39, 0.29) is 35.6 Å². The number of carbonyl (C=O) groups excluding carboxylic acids is 1. The number of carbonyl (C=O) groups is 1. The normalized spacial score (nSPS) is 15.6. The van der Waals surface area contributed by atoms with Gasteiger partial charge in [0.25, 0.3) is 0 Å². The van der Waals surface area contributed by atoms with Gasteiger partial charge in [0.15, 0.2) is 0 Å². The van der Waals surface area contributed by atoms with Crippen molar-refractivity contribution < 1.29 is 22.3 Å². The van der Waals surface area contributed by atoms with E-state index >= 15 is 0 Å². The molecule has 1 aliphatic heterocycles. The Bertz CT molecular complexity index is 1030. The zero-order valence-corrected chi connectivity index (χ0v) is 19.0. The standard InChI is InChI=1S/C23H29FN2O4S/c1-4-16-7-6-8-17(5-2)22(16)25-23(27)18-11-13-26(14-12-18)31(28,29)21-15-19(24)9-10-20(21)30-3/h6-10,15,18H,4-5,11-14H2,1-3H3,(H,25,27). The summed E-state index contributed by atoms with van der Waals surface area (Å²) in [7, 11) is -2.57. The van der Waals surface area contributed by atoms with Crippen LogP contribution < -0.4 is 10.1 Å². The zero-order valence-electron chi connectivity index (χ0n) is 18.2. The first-order chi connectivity index (χ1) is 14.8. The van der Waals surface area contributed by atoms with Gasteiger partial charge in [-0.15, -0.1) is 0 Å². The second-order valence-corrected chi connectivity index (χ2v) is 9.53. The van der Waals surface area contributed by atoms with E-state index in [1.807, 2.05) is 18.2 Å². The molecule has 0 spiro atoms. The lowest BCUT2D eigenvalue weighted by Crippen LogP contribution is -2.41. The van der Waals surface area contributed by atoms with Gasteiger partial charge in [-0.2, -0.15) is 4.31 Å². The minimum atomic E-state index is -3.92. The van der Waals surface area contributed by atoms with Gasteiger partial charge < -0.3 is 10.1 Å². The van der Waals surface area contributed by atoms with Crippen molar-refractivity contribution in [2.75, 3.05) is 25.5 Å². The molecule has 1 amide bonds. The minimum absolute atomic E-state index is 0.0871. The fourth-order valence-electron chi connectivity index (χ4n) is 3.98. The molecule has 0 bridgehead atoms. The predicted octanol–water partition coefficient (Wildman–Crippen LogP) is 4.00. The van der Waals surface area contributed by atoms with E-state index in [1.165, 1.54) is 17.5 Å². The maximum atomic E-state index is 13.7. The number of nitrogens with zero attached hydrogens (tertiary/aromatic N) is 1. The topological polar surface area (TPSA) is 75.7 Å². The van der Waals surface area contributed by atoms with Crippen LogP contribution in [0.4, 0.5) is 10.1 Å². The van der Waals surface area contributed by atoms with Crippen LogP contribution in [-0.2, 0) is 27.7 Å². The van der Waals surface area contributed by atoms with Gasteiger partial charge in [-0.3, -0.25) is 4.79 Å². The summed E-state index contributed by atoms with van der Waals surface area (Å²) < 4.78 is 46.2. The smallest absolute Gasteiger partial charge is 0.246 e. The molecule has 0 unspecified atom stereocenters. The third-order valence-electron chi connectivity index (χ3n) is 5.82. The van der Waals surface area contributed by atoms with Gasteiger partial charge >= 0.3 is 0 Å². The Morgan fingerprint density at radius 3 is 2.29 bits per heavy atom. The first kappa shape index (κ1) is 23.2. The molecule has 0 atom stereocenters. The molecule has 0 aliphatic carbocycles. The van der Waals surface area contributed by atoms with E-state index in [0.29, 0.717) is 12.8 Å². The highest BCUT2D eigenvalue weighted by Crippen LogP contribution is 2.31. The Hall–Kier alpha value is -2.45. The fourth-order valence-corrected chi connectivity index (χ4v) is 5.61. The molecule has 2 aromatic carbocycles. The molecule has 6 nitrogen and oxygen atoms in total. The van der Waals surface area contributed by atoms with E-state index in [1.54, 1.807) is 0 Å². The molecule has 1 saturated heterocycles. The molecule has 1 heterocycles. The molecule has 0 radical (unpaired) electrons. The Morgan fingerprint density at radius 1 is 1.13 bits per heavy atom. The van der Waals surface area contributed by atoms with Crippen LogP contribution >= 0.6 is 0 Å². The van der Waals surface area contributed by atoms with Crippen LogP contribution in [-0.4, -0.2) is 38.8 Å². The highest BCUT2D eigenvalue weighted by molar-refractivity contribution is 7.89. The average molecular weight is 449 g/mol. The summed E-state index contributed by atoms with van der Waals surface area (Å²) in [6.45, 7) is 4.48. The number of anilines is 1. The first-order valence-electron chi connectivity index (χ1n) is 10.6. The Kier molecular flexibility index (Phi) is 7.33. The monoisotopic (exact) mass is 448 g/mol. The van der Waals surface area contributed by atoms with Crippen molar-refractivity contribution >= 4 is 21.6 Å². The van der Waals surface area contributed by atoms with E-state index in [4.69, 9.17) is 4.74 Å². The largest absolute Gasteiger partial charge is 0.495 e. The van der Waals surface area contributed by atoms with Crippen LogP contribution in [0.25, 0.3) is 0 Å². The summed E-state index contributed by atoms with van der Waals surface area (Å²) in [5.74, 6) is -0.911. The van der Waals surface area contributed by atoms with Crippen molar-refractivity contribution in [2.45, 2.75) is 44.4 Å². The third-order valence-corrected chi connectivity index (χ3v) is 7.74. The molecule has 1 fully saturated rings. The van der Waals surface area contributed by atoms with Crippen molar-refractivity contribution in [3.8, 4) is 5.75 Å². The van der Waals surface area contributed by atoms with Crippen molar-refractivity contribution in [1.82, 2.24) is 4.31 Å². The van der Waals surface area contributed by atoms with Crippen molar-refractivity contribution in [1.29, 1.82) is 0 Å². The number of piperidine rings is 1. The lowest BCUT2D eigenvalue weighted by atomic mass is 9.96. The van der Waals surface area contributed by atoms with Gasteiger partial charge in [0.1, 0.15) is 16.5 Å². The molecule has 168 valence electrons.